The highest BCUT2D eigenvalue weighted by atomic mass is 32.1. The number of hydrogen-bond acceptors (Lipinski definition) is 5. The minimum atomic E-state index is -0.282. The van der Waals surface area contributed by atoms with E-state index in [4.69, 9.17) is 4.74 Å². The fourth-order valence-corrected chi connectivity index (χ4v) is 5.01. The lowest BCUT2D eigenvalue weighted by Crippen LogP contribution is -2.19. The summed E-state index contributed by atoms with van der Waals surface area (Å²) in [7, 11) is 3.53. The van der Waals surface area contributed by atoms with E-state index < -0.39 is 0 Å². The van der Waals surface area contributed by atoms with Gasteiger partial charge in [-0.3, -0.25) is 9.13 Å². The summed E-state index contributed by atoms with van der Waals surface area (Å²) in [5, 5.41) is 0.715. The Labute approximate surface area is 167 Å². The molecule has 28 heavy (non-hydrogen) atoms. The number of esters is 1. The predicted molar refractivity (Wildman–Crippen MR) is 112 cm³/mol. The van der Waals surface area contributed by atoms with Crippen LogP contribution >= 0.6 is 11.3 Å². The van der Waals surface area contributed by atoms with Gasteiger partial charge in [0.1, 0.15) is 5.00 Å². The van der Waals surface area contributed by atoms with E-state index >= 15 is 0 Å². The number of thiophene rings is 1. The molecule has 6 nitrogen and oxygen atoms in total. The number of benzene rings is 1. The highest BCUT2D eigenvalue weighted by Crippen LogP contribution is 2.40. The lowest BCUT2D eigenvalue weighted by molar-refractivity contribution is 0.0526. The van der Waals surface area contributed by atoms with E-state index in [-0.39, 0.29) is 11.7 Å². The van der Waals surface area contributed by atoms with E-state index in [2.05, 4.69) is 4.99 Å². The van der Waals surface area contributed by atoms with Crippen molar-refractivity contribution in [2.24, 2.45) is 19.1 Å². The summed E-state index contributed by atoms with van der Waals surface area (Å²) in [5.41, 5.74) is 4.30. The highest BCUT2D eigenvalue weighted by Gasteiger charge is 2.26. The first kappa shape index (κ1) is 18.7. The Balaban J connectivity index is 1.74. The summed E-state index contributed by atoms with van der Waals surface area (Å²) in [6.45, 7) is 2.17. The van der Waals surface area contributed by atoms with Crippen molar-refractivity contribution in [1.82, 2.24) is 9.13 Å². The molecule has 146 valence electrons. The van der Waals surface area contributed by atoms with Gasteiger partial charge in [-0.05, 0) is 55.9 Å². The average Bonchev–Trinajstić information content (AvgIpc) is 3.18. The maximum Gasteiger partial charge on any atom is 0.341 e. The number of fused-ring (bicyclic) bond motifs is 2. The third kappa shape index (κ3) is 3.09. The Hall–Kier alpha value is -2.67. The van der Waals surface area contributed by atoms with Crippen molar-refractivity contribution in [2.75, 3.05) is 6.61 Å². The van der Waals surface area contributed by atoms with Gasteiger partial charge in [0.2, 0.25) is 0 Å². The van der Waals surface area contributed by atoms with Crippen LogP contribution in [0, 0.1) is 0 Å². The zero-order chi connectivity index (χ0) is 19.8. The van der Waals surface area contributed by atoms with Gasteiger partial charge in [0.25, 0.3) is 0 Å². The minimum Gasteiger partial charge on any atom is -0.462 e. The van der Waals surface area contributed by atoms with Crippen LogP contribution in [0.3, 0.4) is 0 Å². The van der Waals surface area contributed by atoms with Crippen molar-refractivity contribution in [3.8, 4) is 0 Å². The fraction of sp³-hybridized carbons (Fsp3) is 0.381. The maximum absolute atomic E-state index is 12.5. The summed E-state index contributed by atoms with van der Waals surface area (Å²) >= 11 is 1.59. The number of aliphatic imine (C=N–C) groups is 1. The van der Waals surface area contributed by atoms with Crippen molar-refractivity contribution in [3.05, 3.63) is 50.3 Å². The van der Waals surface area contributed by atoms with Crippen LogP contribution in [0.4, 0.5) is 5.00 Å². The number of rotatable bonds is 4. The van der Waals surface area contributed by atoms with E-state index in [1.54, 1.807) is 40.8 Å². The molecule has 3 aromatic rings. The molecule has 0 radical (unpaired) electrons. The Kier molecular flexibility index (Phi) is 4.93. The van der Waals surface area contributed by atoms with E-state index in [1.165, 1.54) is 4.88 Å². The van der Waals surface area contributed by atoms with E-state index in [0.717, 1.165) is 47.8 Å². The molecule has 0 fully saturated rings. The number of aryl methyl sites for hydroxylation is 3. The molecule has 1 aliphatic carbocycles. The second-order valence-electron chi connectivity index (χ2n) is 7.02. The second-order valence-corrected chi connectivity index (χ2v) is 8.10. The van der Waals surface area contributed by atoms with E-state index in [0.29, 0.717) is 17.2 Å². The van der Waals surface area contributed by atoms with Crippen molar-refractivity contribution in [1.29, 1.82) is 0 Å². The monoisotopic (exact) mass is 397 g/mol. The SMILES string of the molecule is CCOC(=O)c1c(N=Cc2ccc3c(c2)n(C)c(=O)n3C)sc2c1CCCC2. The first-order valence-electron chi connectivity index (χ1n) is 9.52. The first-order valence-corrected chi connectivity index (χ1v) is 10.3. The summed E-state index contributed by atoms with van der Waals surface area (Å²) in [6.07, 6.45) is 5.92. The molecule has 0 amide bonds. The van der Waals surface area contributed by atoms with Crippen molar-refractivity contribution in [3.63, 3.8) is 0 Å². The second kappa shape index (κ2) is 7.39. The first-order chi connectivity index (χ1) is 13.5. The van der Waals surface area contributed by atoms with Gasteiger partial charge in [0.05, 0.1) is 23.2 Å². The lowest BCUT2D eigenvalue weighted by atomic mass is 9.95. The van der Waals surface area contributed by atoms with Gasteiger partial charge < -0.3 is 4.74 Å². The Morgan fingerprint density at radius 3 is 2.75 bits per heavy atom. The van der Waals surface area contributed by atoms with Gasteiger partial charge in [0.15, 0.2) is 0 Å². The largest absolute Gasteiger partial charge is 0.462 e. The Morgan fingerprint density at radius 2 is 1.96 bits per heavy atom. The topological polar surface area (TPSA) is 65.6 Å². The van der Waals surface area contributed by atoms with Crippen LogP contribution in [0.5, 0.6) is 0 Å². The molecule has 1 aromatic carbocycles. The van der Waals surface area contributed by atoms with Crippen LogP contribution < -0.4 is 5.69 Å². The zero-order valence-electron chi connectivity index (χ0n) is 16.3. The molecule has 0 unspecified atom stereocenters. The van der Waals surface area contributed by atoms with Gasteiger partial charge in [-0.25, -0.2) is 14.6 Å². The smallest absolute Gasteiger partial charge is 0.341 e. The van der Waals surface area contributed by atoms with Crippen LogP contribution in [0.2, 0.25) is 0 Å². The Bertz CT molecular complexity index is 1150. The van der Waals surface area contributed by atoms with Crippen molar-refractivity contribution >= 4 is 39.6 Å². The van der Waals surface area contributed by atoms with Gasteiger partial charge in [0, 0.05) is 25.2 Å². The molecule has 2 heterocycles. The van der Waals surface area contributed by atoms with Crippen LogP contribution in [-0.2, 0) is 31.7 Å². The molecule has 0 bridgehead atoms. The average molecular weight is 398 g/mol. The van der Waals surface area contributed by atoms with Crippen LogP contribution in [-0.4, -0.2) is 27.9 Å². The third-order valence-corrected chi connectivity index (χ3v) is 6.46. The molecular weight excluding hydrogens is 374 g/mol. The molecule has 1 aliphatic rings. The molecule has 7 heteroatoms. The zero-order valence-corrected chi connectivity index (χ0v) is 17.1. The van der Waals surface area contributed by atoms with Crippen molar-refractivity contribution < 1.29 is 9.53 Å². The van der Waals surface area contributed by atoms with Gasteiger partial charge in [-0.2, -0.15) is 0 Å². The van der Waals surface area contributed by atoms with Crippen LogP contribution in [0.25, 0.3) is 11.0 Å². The number of aromatic nitrogens is 2. The number of carbonyl (C=O) groups excluding carboxylic acids is 1. The molecule has 0 spiro atoms. The highest BCUT2D eigenvalue weighted by molar-refractivity contribution is 7.16. The Morgan fingerprint density at radius 1 is 1.21 bits per heavy atom. The van der Waals surface area contributed by atoms with E-state index in [9.17, 15) is 9.59 Å². The fourth-order valence-electron chi connectivity index (χ4n) is 3.79. The standard InChI is InChI=1S/C21H23N3O3S/c1-4-27-20(25)18-14-7-5-6-8-17(14)28-19(18)22-12-13-9-10-15-16(11-13)24(3)21(26)23(15)2/h9-12H,4-8H2,1-3H3. The summed E-state index contributed by atoms with van der Waals surface area (Å²) in [4.78, 5) is 30.6. The van der Waals surface area contributed by atoms with E-state index in [1.807, 2.05) is 25.1 Å². The molecule has 2 aromatic heterocycles. The third-order valence-electron chi connectivity index (χ3n) is 5.26. The number of ether oxygens (including phenoxy) is 1. The van der Waals surface area contributed by atoms with Crippen LogP contribution in [0.1, 0.15) is 46.1 Å². The number of carbonyl (C=O) groups is 1. The quantitative estimate of drug-likeness (QED) is 0.497. The normalized spacial score (nSPS) is 14.0. The number of hydrogen-bond donors (Lipinski definition) is 0. The molecule has 0 atom stereocenters. The predicted octanol–water partition coefficient (Wildman–Crippen LogP) is 3.74. The molecular formula is C21H23N3O3S. The molecule has 0 saturated carbocycles. The maximum atomic E-state index is 12.5. The summed E-state index contributed by atoms with van der Waals surface area (Å²) < 4.78 is 8.54. The molecule has 0 N–H and O–H groups in total. The van der Waals surface area contributed by atoms with Gasteiger partial charge in [-0.1, -0.05) is 6.07 Å². The molecule has 0 aliphatic heterocycles. The van der Waals surface area contributed by atoms with Gasteiger partial charge >= 0.3 is 11.7 Å². The summed E-state index contributed by atoms with van der Waals surface area (Å²) in [5.74, 6) is -0.282. The van der Waals surface area contributed by atoms with Crippen molar-refractivity contribution in [2.45, 2.75) is 32.6 Å². The lowest BCUT2D eigenvalue weighted by Gasteiger charge is -2.11. The molecule has 0 saturated heterocycles. The summed E-state index contributed by atoms with van der Waals surface area (Å²) in [6, 6.07) is 5.80. The number of imidazole rings is 1. The van der Waals surface area contributed by atoms with Gasteiger partial charge in [-0.15, -0.1) is 11.3 Å². The number of nitrogens with zero attached hydrogens (tertiary/aromatic N) is 3. The minimum absolute atomic E-state index is 0.0559. The molecule has 4 rings (SSSR count). The van der Waals surface area contributed by atoms with Crippen LogP contribution in [0.15, 0.2) is 28.0 Å².